The lowest BCUT2D eigenvalue weighted by Crippen LogP contribution is -2.26. The number of halogens is 2. The van der Waals surface area contributed by atoms with Crippen LogP contribution in [0.1, 0.15) is 17.2 Å². The largest absolute Gasteiger partial charge is 0.497 e. The number of aliphatic hydroxyl groups is 1. The Bertz CT molecular complexity index is 602. The molecule has 0 bridgehead atoms. The lowest BCUT2D eigenvalue weighted by molar-refractivity contribution is 0.284. The minimum atomic E-state index is 0.0790. The highest BCUT2D eigenvalue weighted by Crippen LogP contribution is 2.26. The van der Waals surface area contributed by atoms with Crippen LogP contribution < -0.4 is 10.1 Å². The monoisotopic (exact) mass is 339 g/mol. The third kappa shape index (κ3) is 4.62. The third-order valence-corrected chi connectivity index (χ3v) is 4.18. The second kappa shape index (κ2) is 8.39. The van der Waals surface area contributed by atoms with Crippen LogP contribution in [0, 0.1) is 0 Å². The van der Waals surface area contributed by atoms with Gasteiger partial charge < -0.3 is 15.2 Å². The van der Waals surface area contributed by atoms with E-state index in [1.54, 1.807) is 13.2 Å². The van der Waals surface area contributed by atoms with Crippen LogP contribution in [0.2, 0.25) is 10.0 Å². The minimum absolute atomic E-state index is 0.0790. The van der Waals surface area contributed by atoms with Crippen LogP contribution in [-0.2, 0) is 6.42 Å². The first kappa shape index (κ1) is 17.1. The van der Waals surface area contributed by atoms with Gasteiger partial charge in [0, 0.05) is 12.6 Å². The van der Waals surface area contributed by atoms with Crippen LogP contribution in [-0.4, -0.2) is 25.4 Å². The zero-order valence-corrected chi connectivity index (χ0v) is 13.9. The van der Waals surface area contributed by atoms with Crippen molar-refractivity contribution in [1.82, 2.24) is 5.32 Å². The van der Waals surface area contributed by atoms with Crippen LogP contribution in [0.5, 0.6) is 5.75 Å². The highest BCUT2D eigenvalue weighted by molar-refractivity contribution is 6.42. The topological polar surface area (TPSA) is 41.5 Å². The van der Waals surface area contributed by atoms with Gasteiger partial charge in [0.1, 0.15) is 5.75 Å². The standard InChI is InChI=1S/C17H19Cl2NO2/c1-22-14-5-3-13(4-6-14)17(20-8-9-21)11-12-2-7-15(18)16(19)10-12/h2-7,10,17,20-21H,8-9,11H2,1H3/t17-/m1/s1. The third-order valence-electron chi connectivity index (χ3n) is 3.44. The molecule has 0 aromatic heterocycles. The van der Waals surface area contributed by atoms with Gasteiger partial charge in [-0.3, -0.25) is 0 Å². The van der Waals surface area contributed by atoms with Crippen molar-refractivity contribution in [2.45, 2.75) is 12.5 Å². The predicted molar refractivity (Wildman–Crippen MR) is 91.0 cm³/mol. The second-order valence-electron chi connectivity index (χ2n) is 4.96. The normalized spacial score (nSPS) is 12.2. The van der Waals surface area contributed by atoms with Crippen LogP contribution in [0.3, 0.4) is 0 Å². The molecule has 2 aromatic rings. The molecule has 0 heterocycles. The fraction of sp³-hybridized carbons (Fsp3) is 0.294. The van der Waals surface area contributed by atoms with E-state index in [0.717, 1.165) is 23.3 Å². The van der Waals surface area contributed by atoms with Crippen molar-refractivity contribution in [3.8, 4) is 5.75 Å². The molecular formula is C17H19Cl2NO2. The summed E-state index contributed by atoms with van der Waals surface area (Å²) in [5, 5.41) is 13.5. The van der Waals surface area contributed by atoms with Crippen molar-refractivity contribution >= 4 is 23.2 Å². The van der Waals surface area contributed by atoms with Crippen LogP contribution in [0.25, 0.3) is 0 Å². The Hall–Kier alpha value is -1.26. The Labute approximate surface area is 140 Å². The van der Waals surface area contributed by atoms with Crippen LogP contribution in [0.4, 0.5) is 0 Å². The number of ether oxygens (including phenoxy) is 1. The fourth-order valence-corrected chi connectivity index (χ4v) is 2.61. The van der Waals surface area contributed by atoms with Gasteiger partial charge in [-0.25, -0.2) is 0 Å². The average molecular weight is 340 g/mol. The molecule has 1 atom stereocenters. The van der Waals surface area contributed by atoms with Crippen molar-refractivity contribution < 1.29 is 9.84 Å². The number of rotatable bonds is 7. The average Bonchev–Trinajstić information content (AvgIpc) is 2.55. The first-order valence-corrected chi connectivity index (χ1v) is 7.81. The number of hydrogen-bond donors (Lipinski definition) is 2. The lowest BCUT2D eigenvalue weighted by atomic mass is 9.98. The maximum atomic E-state index is 9.07. The van der Waals surface area contributed by atoms with E-state index >= 15 is 0 Å². The molecule has 0 aliphatic rings. The number of nitrogens with one attached hydrogen (secondary N) is 1. The van der Waals surface area contributed by atoms with Gasteiger partial charge in [-0.05, 0) is 41.8 Å². The molecule has 22 heavy (non-hydrogen) atoms. The van der Waals surface area contributed by atoms with E-state index in [1.165, 1.54) is 0 Å². The molecular weight excluding hydrogens is 321 g/mol. The summed E-state index contributed by atoms with van der Waals surface area (Å²) in [4.78, 5) is 0. The van der Waals surface area contributed by atoms with Crippen molar-refractivity contribution in [3.63, 3.8) is 0 Å². The predicted octanol–water partition coefficient (Wildman–Crippen LogP) is 3.87. The van der Waals surface area contributed by atoms with Crippen molar-refractivity contribution in [2.75, 3.05) is 20.3 Å². The Kier molecular flexibility index (Phi) is 6.52. The highest BCUT2D eigenvalue weighted by Gasteiger charge is 2.13. The summed E-state index contributed by atoms with van der Waals surface area (Å²) in [7, 11) is 1.65. The first-order chi connectivity index (χ1) is 10.6. The smallest absolute Gasteiger partial charge is 0.118 e. The molecule has 118 valence electrons. The maximum absolute atomic E-state index is 9.07. The zero-order valence-electron chi connectivity index (χ0n) is 12.4. The summed E-state index contributed by atoms with van der Waals surface area (Å²) in [6.07, 6.45) is 0.753. The van der Waals surface area contributed by atoms with E-state index in [1.807, 2.05) is 36.4 Å². The summed E-state index contributed by atoms with van der Waals surface area (Å²) < 4.78 is 5.18. The second-order valence-corrected chi connectivity index (χ2v) is 5.77. The molecule has 0 radical (unpaired) electrons. The molecule has 2 aromatic carbocycles. The summed E-state index contributed by atoms with van der Waals surface area (Å²) >= 11 is 12.0. The Morgan fingerprint density at radius 2 is 1.82 bits per heavy atom. The Morgan fingerprint density at radius 3 is 2.41 bits per heavy atom. The molecule has 0 saturated carbocycles. The number of aliphatic hydroxyl groups excluding tert-OH is 1. The van der Waals surface area contributed by atoms with E-state index in [0.29, 0.717) is 16.6 Å². The summed E-state index contributed by atoms with van der Waals surface area (Å²) in [6, 6.07) is 13.6. The molecule has 0 aliphatic heterocycles. The molecule has 2 N–H and O–H groups in total. The quantitative estimate of drug-likeness (QED) is 0.804. The number of hydrogen-bond acceptors (Lipinski definition) is 3. The molecule has 0 unspecified atom stereocenters. The van der Waals surface area contributed by atoms with Gasteiger partial charge in [0.25, 0.3) is 0 Å². The van der Waals surface area contributed by atoms with Crippen molar-refractivity contribution in [3.05, 3.63) is 63.6 Å². The van der Waals surface area contributed by atoms with Gasteiger partial charge in [-0.1, -0.05) is 41.4 Å². The molecule has 0 saturated heterocycles. The Morgan fingerprint density at radius 1 is 1.09 bits per heavy atom. The van der Waals surface area contributed by atoms with E-state index in [9.17, 15) is 0 Å². The Balaban J connectivity index is 2.18. The first-order valence-electron chi connectivity index (χ1n) is 7.06. The molecule has 2 rings (SSSR count). The van der Waals surface area contributed by atoms with E-state index in [-0.39, 0.29) is 12.6 Å². The molecule has 0 fully saturated rings. The molecule has 0 amide bonds. The van der Waals surface area contributed by atoms with Gasteiger partial charge >= 0.3 is 0 Å². The van der Waals surface area contributed by atoms with Gasteiger partial charge in [0.05, 0.1) is 23.8 Å². The molecule has 0 spiro atoms. The van der Waals surface area contributed by atoms with Gasteiger partial charge in [-0.2, -0.15) is 0 Å². The SMILES string of the molecule is COc1ccc([C@@H](Cc2ccc(Cl)c(Cl)c2)NCCO)cc1. The summed E-state index contributed by atoms with van der Waals surface area (Å²) in [5.74, 6) is 0.819. The van der Waals surface area contributed by atoms with E-state index in [2.05, 4.69) is 5.32 Å². The number of methoxy groups -OCH3 is 1. The van der Waals surface area contributed by atoms with Gasteiger partial charge in [-0.15, -0.1) is 0 Å². The van der Waals surface area contributed by atoms with Gasteiger partial charge in [0.15, 0.2) is 0 Å². The van der Waals surface area contributed by atoms with Gasteiger partial charge in [0.2, 0.25) is 0 Å². The molecule has 5 heteroatoms. The summed E-state index contributed by atoms with van der Waals surface area (Å²) in [6.45, 7) is 0.617. The number of benzene rings is 2. The maximum Gasteiger partial charge on any atom is 0.118 e. The zero-order chi connectivity index (χ0) is 15.9. The van der Waals surface area contributed by atoms with E-state index < -0.39 is 0 Å². The van der Waals surface area contributed by atoms with E-state index in [4.69, 9.17) is 33.0 Å². The lowest BCUT2D eigenvalue weighted by Gasteiger charge is -2.19. The fourth-order valence-electron chi connectivity index (χ4n) is 2.29. The van der Waals surface area contributed by atoms with Crippen LogP contribution in [0.15, 0.2) is 42.5 Å². The van der Waals surface area contributed by atoms with Crippen LogP contribution >= 0.6 is 23.2 Å². The summed E-state index contributed by atoms with van der Waals surface area (Å²) in [5.41, 5.74) is 2.21. The van der Waals surface area contributed by atoms with Crippen molar-refractivity contribution in [1.29, 1.82) is 0 Å². The molecule has 3 nitrogen and oxygen atoms in total. The molecule has 0 aliphatic carbocycles. The van der Waals surface area contributed by atoms with Crippen molar-refractivity contribution in [2.24, 2.45) is 0 Å². The highest BCUT2D eigenvalue weighted by atomic mass is 35.5. The minimum Gasteiger partial charge on any atom is -0.497 e.